The Bertz CT molecular complexity index is 889. The summed E-state index contributed by atoms with van der Waals surface area (Å²) in [4.78, 5) is 18.5. The van der Waals surface area contributed by atoms with Gasteiger partial charge in [0.05, 0.1) is 12.7 Å². The fraction of sp³-hybridized carbons (Fsp3) is 0.478. The third-order valence-electron chi connectivity index (χ3n) is 5.97. The van der Waals surface area contributed by atoms with E-state index in [0.717, 1.165) is 50.4 Å². The van der Waals surface area contributed by atoms with Crippen LogP contribution in [0.5, 0.6) is 0 Å². The van der Waals surface area contributed by atoms with Crippen LogP contribution >= 0.6 is 23.6 Å². The number of piperazine rings is 1. The van der Waals surface area contributed by atoms with Crippen LogP contribution in [0, 0.1) is 0 Å². The predicted molar refractivity (Wildman–Crippen MR) is 128 cm³/mol. The van der Waals surface area contributed by atoms with E-state index in [1.807, 2.05) is 6.07 Å². The number of anilines is 2. The molecule has 1 aromatic heterocycles. The van der Waals surface area contributed by atoms with Gasteiger partial charge in [-0.3, -0.25) is 0 Å². The zero-order valence-electron chi connectivity index (χ0n) is 17.5. The van der Waals surface area contributed by atoms with Gasteiger partial charge in [-0.15, -0.1) is 11.3 Å². The first-order chi connectivity index (χ1) is 14.7. The summed E-state index contributed by atoms with van der Waals surface area (Å²) in [5.41, 5.74) is 3.12. The third-order valence-corrected chi connectivity index (χ3v) is 7.54. The van der Waals surface area contributed by atoms with Gasteiger partial charge in [-0.05, 0) is 55.6 Å². The van der Waals surface area contributed by atoms with E-state index >= 15 is 0 Å². The Hall–Kier alpha value is -2.12. The first-order valence-corrected chi connectivity index (χ1v) is 12.0. The second kappa shape index (κ2) is 9.79. The number of nitrogens with zero attached hydrogens (tertiary/aromatic N) is 2. The molecule has 160 valence electrons. The smallest absolute Gasteiger partial charge is 0.341 e. The van der Waals surface area contributed by atoms with Crippen molar-refractivity contribution in [2.75, 3.05) is 43.5 Å². The van der Waals surface area contributed by atoms with Crippen LogP contribution in [0.15, 0.2) is 30.3 Å². The average molecular weight is 444 g/mol. The summed E-state index contributed by atoms with van der Waals surface area (Å²) in [6, 6.07) is 10.5. The summed E-state index contributed by atoms with van der Waals surface area (Å²) in [6.45, 7) is 3.58. The Morgan fingerprint density at radius 2 is 1.73 bits per heavy atom. The average Bonchev–Trinajstić information content (AvgIpc) is 3.09. The van der Waals surface area contributed by atoms with Crippen molar-refractivity contribution in [2.24, 2.45) is 0 Å². The molecule has 1 aliphatic heterocycles. The molecule has 30 heavy (non-hydrogen) atoms. The first-order valence-electron chi connectivity index (χ1n) is 10.8. The fourth-order valence-corrected chi connectivity index (χ4v) is 5.93. The minimum Gasteiger partial charge on any atom is -0.465 e. The van der Waals surface area contributed by atoms with Crippen molar-refractivity contribution in [3.8, 4) is 0 Å². The van der Waals surface area contributed by atoms with Crippen molar-refractivity contribution in [3.63, 3.8) is 0 Å². The Labute approximate surface area is 188 Å². The Balaban J connectivity index is 1.46. The fourth-order valence-electron chi connectivity index (χ4n) is 4.31. The van der Waals surface area contributed by atoms with Gasteiger partial charge in [-0.1, -0.05) is 31.0 Å². The number of nitrogens with one attached hydrogen (secondary N) is 1. The van der Waals surface area contributed by atoms with Crippen molar-refractivity contribution < 1.29 is 9.53 Å². The van der Waals surface area contributed by atoms with E-state index in [-0.39, 0.29) is 5.97 Å². The Morgan fingerprint density at radius 3 is 2.43 bits per heavy atom. The summed E-state index contributed by atoms with van der Waals surface area (Å²) in [5.74, 6) is -0.257. The molecule has 0 unspecified atom stereocenters. The summed E-state index contributed by atoms with van der Waals surface area (Å²) in [5, 5.41) is 4.95. The van der Waals surface area contributed by atoms with Crippen LogP contribution in [0.4, 0.5) is 10.7 Å². The minimum absolute atomic E-state index is 0.257. The Morgan fingerprint density at radius 1 is 1.03 bits per heavy atom. The molecule has 5 nitrogen and oxygen atoms in total. The number of esters is 1. The largest absolute Gasteiger partial charge is 0.465 e. The van der Waals surface area contributed by atoms with Gasteiger partial charge in [0, 0.05) is 36.7 Å². The van der Waals surface area contributed by atoms with Crippen LogP contribution in [-0.2, 0) is 17.6 Å². The monoisotopic (exact) mass is 443 g/mol. The number of rotatable bonds is 3. The third kappa shape index (κ3) is 4.62. The highest BCUT2D eigenvalue weighted by molar-refractivity contribution is 7.80. The van der Waals surface area contributed by atoms with E-state index in [1.165, 1.54) is 42.5 Å². The van der Waals surface area contributed by atoms with Gasteiger partial charge in [0.2, 0.25) is 0 Å². The number of benzene rings is 1. The first kappa shape index (κ1) is 21.1. The normalized spacial score (nSPS) is 17.0. The van der Waals surface area contributed by atoms with Crippen LogP contribution in [0.25, 0.3) is 0 Å². The number of aryl methyl sites for hydroxylation is 1. The van der Waals surface area contributed by atoms with E-state index < -0.39 is 0 Å². The highest BCUT2D eigenvalue weighted by Crippen LogP contribution is 2.37. The molecular weight excluding hydrogens is 414 g/mol. The number of ether oxygens (including phenoxy) is 1. The molecule has 4 rings (SSSR count). The second-order valence-corrected chi connectivity index (χ2v) is 9.35. The molecule has 0 spiro atoms. The van der Waals surface area contributed by atoms with E-state index in [4.69, 9.17) is 17.0 Å². The number of carbonyl (C=O) groups is 1. The molecule has 7 heteroatoms. The lowest BCUT2D eigenvalue weighted by molar-refractivity contribution is 0.0601. The standard InChI is InChI=1S/C23H29N3O2S2/c1-28-22(27)20-18-11-7-2-3-8-12-19(18)30-21(20)24-23(29)26-15-13-25(14-16-26)17-9-5-4-6-10-17/h4-6,9-10H,2-3,7-8,11-16H2,1H3,(H,24,29). The van der Waals surface area contributed by atoms with E-state index in [1.54, 1.807) is 11.3 Å². The number of hydrogen-bond acceptors (Lipinski definition) is 5. The quantitative estimate of drug-likeness (QED) is 0.547. The van der Waals surface area contributed by atoms with Gasteiger partial charge >= 0.3 is 5.97 Å². The Kier molecular flexibility index (Phi) is 6.89. The second-order valence-electron chi connectivity index (χ2n) is 7.85. The number of para-hydroxylation sites is 1. The van der Waals surface area contributed by atoms with Gasteiger partial charge in [0.1, 0.15) is 5.00 Å². The highest BCUT2D eigenvalue weighted by atomic mass is 32.1. The van der Waals surface area contributed by atoms with Gasteiger partial charge in [-0.25, -0.2) is 4.79 Å². The molecule has 1 fully saturated rings. The van der Waals surface area contributed by atoms with Gasteiger partial charge < -0.3 is 19.9 Å². The zero-order valence-corrected chi connectivity index (χ0v) is 19.1. The molecule has 2 aliphatic rings. The molecule has 2 aromatic rings. The van der Waals surface area contributed by atoms with Crippen LogP contribution in [-0.4, -0.2) is 49.3 Å². The number of hydrogen-bond donors (Lipinski definition) is 1. The van der Waals surface area contributed by atoms with Crippen LogP contribution in [0.3, 0.4) is 0 Å². The molecule has 0 radical (unpaired) electrons. The van der Waals surface area contributed by atoms with Crippen molar-refractivity contribution in [2.45, 2.75) is 38.5 Å². The van der Waals surface area contributed by atoms with Crippen molar-refractivity contribution in [3.05, 3.63) is 46.3 Å². The molecule has 1 saturated heterocycles. The minimum atomic E-state index is -0.257. The number of thiophene rings is 1. The maximum atomic E-state index is 12.6. The number of thiocarbonyl (C=S) groups is 1. The number of carbonyl (C=O) groups excluding carboxylic acids is 1. The highest BCUT2D eigenvalue weighted by Gasteiger charge is 2.27. The van der Waals surface area contributed by atoms with Gasteiger partial charge in [-0.2, -0.15) is 0 Å². The summed E-state index contributed by atoms with van der Waals surface area (Å²) in [6.07, 6.45) is 6.77. The molecule has 0 amide bonds. The van der Waals surface area contributed by atoms with Crippen molar-refractivity contribution >= 4 is 45.3 Å². The maximum absolute atomic E-state index is 12.6. The molecule has 2 heterocycles. The van der Waals surface area contributed by atoms with E-state index in [9.17, 15) is 4.79 Å². The summed E-state index contributed by atoms with van der Waals surface area (Å²) in [7, 11) is 1.46. The van der Waals surface area contributed by atoms with Crippen LogP contribution < -0.4 is 10.2 Å². The number of fused-ring (bicyclic) bond motifs is 1. The molecule has 1 aromatic carbocycles. The van der Waals surface area contributed by atoms with Crippen LogP contribution in [0.1, 0.15) is 46.5 Å². The zero-order chi connectivity index (χ0) is 20.9. The van der Waals surface area contributed by atoms with Gasteiger partial charge in [0.15, 0.2) is 5.11 Å². The molecule has 0 atom stereocenters. The molecule has 0 saturated carbocycles. The molecule has 1 N–H and O–H groups in total. The lowest BCUT2D eigenvalue weighted by Crippen LogP contribution is -2.50. The summed E-state index contributed by atoms with van der Waals surface area (Å²) < 4.78 is 5.13. The van der Waals surface area contributed by atoms with Crippen molar-refractivity contribution in [1.82, 2.24) is 4.90 Å². The lowest BCUT2D eigenvalue weighted by Gasteiger charge is -2.37. The molecular formula is C23H29N3O2S2. The predicted octanol–water partition coefficient (Wildman–Crippen LogP) is 4.71. The maximum Gasteiger partial charge on any atom is 0.341 e. The topological polar surface area (TPSA) is 44.8 Å². The van der Waals surface area contributed by atoms with Crippen molar-refractivity contribution in [1.29, 1.82) is 0 Å². The van der Waals surface area contributed by atoms with E-state index in [2.05, 4.69) is 39.4 Å². The SMILES string of the molecule is COC(=O)c1c(NC(=S)N2CCN(c3ccccc3)CC2)sc2c1CCCCCC2. The summed E-state index contributed by atoms with van der Waals surface area (Å²) >= 11 is 7.42. The molecule has 0 bridgehead atoms. The number of methoxy groups -OCH3 is 1. The molecule has 1 aliphatic carbocycles. The van der Waals surface area contributed by atoms with Gasteiger partial charge in [0.25, 0.3) is 0 Å². The van der Waals surface area contributed by atoms with Crippen LogP contribution in [0.2, 0.25) is 0 Å². The lowest BCUT2D eigenvalue weighted by atomic mass is 9.96. The van der Waals surface area contributed by atoms with E-state index in [0.29, 0.717) is 10.7 Å².